The van der Waals surface area contributed by atoms with E-state index in [-0.39, 0.29) is 42.2 Å². The number of piperazine rings is 1. The van der Waals surface area contributed by atoms with E-state index in [9.17, 15) is 19.5 Å². The number of likely N-dealkylation sites (N-methyl/N-ethyl adjacent to an activating group) is 1. The second kappa shape index (κ2) is 17.2. The Kier molecular flexibility index (Phi) is 12.0. The quantitative estimate of drug-likeness (QED) is 0.119. The third-order valence-electron chi connectivity index (χ3n) is 13.4. The zero-order chi connectivity index (χ0) is 48.9. The first-order valence-electron chi connectivity index (χ1n) is 22.7. The van der Waals surface area contributed by atoms with Crippen LogP contribution >= 0.6 is 11.8 Å². The lowest BCUT2D eigenvalue weighted by Crippen LogP contribution is -2.70. The fourth-order valence-electron chi connectivity index (χ4n) is 10.9. The second-order valence-corrected chi connectivity index (χ2v) is 21.2. The Balaban J connectivity index is 1.26. The van der Waals surface area contributed by atoms with Gasteiger partial charge in [0.2, 0.25) is 6.79 Å². The van der Waals surface area contributed by atoms with Gasteiger partial charge in [-0.05, 0) is 110 Å². The van der Waals surface area contributed by atoms with Gasteiger partial charge < -0.3 is 52.5 Å². The Morgan fingerprint density at radius 1 is 0.838 bits per heavy atom. The van der Waals surface area contributed by atoms with Crippen molar-refractivity contribution in [2.24, 2.45) is 0 Å². The average molecular weight is 962 g/mol. The van der Waals surface area contributed by atoms with Crippen LogP contribution in [0.4, 0.5) is 9.59 Å². The van der Waals surface area contributed by atoms with Crippen molar-refractivity contribution in [3.05, 3.63) is 62.7 Å². The highest BCUT2D eigenvalue weighted by atomic mass is 32.2. The molecule has 1 unspecified atom stereocenters. The predicted octanol–water partition coefficient (Wildman–Crippen LogP) is 6.63. The number of carbonyl (C=O) groups is 4. The molecular formula is C49H59N3O15S. The molecule has 0 amide bonds. The van der Waals surface area contributed by atoms with Gasteiger partial charge in [-0.3, -0.25) is 19.9 Å². The van der Waals surface area contributed by atoms with Crippen LogP contribution in [0.5, 0.6) is 40.2 Å². The van der Waals surface area contributed by atoms with Gasteiger partial charge in [0, 0.05) is 47.5 Å². The van der Waals surface area contributed by atoms with Gasteiger partial charge in [-0.25, -0.2) is 14.4 Å². The summed E-state index contributed by atoms with van der Waals surface area (Å²) in [6.45, 7) is 15.4. The summed E-state index contributed by atoms with van der Waals surface area (Å²) in [5.74, 6) is 0.795. The number of methoxy groups -OCH3 is 2. The van der Waals surface area contributed by atoms with E-state index in [4.69, 9.17) is 47.4 Å². The van der Waals surface area contributed by atoms with E-state index in [2.05, 4.69) is 10.2 Å². The highest BCUT2D eigenvalue weighted by Crippen LogP contribution is 2.64. The fourth-order valence-corrected chi connectivity index (χ4v) is 12.5. The molecule has 0 aromatic heterocycles. The Bertz CT molecular complexity index is 2610. The standard InChI is InChI=1S/C49H59N3O15S/c1-22-15-26-16-28-43(54)52-29-19-60-44(55)49(27-18-30(58-11)31(17-25(27)13-14-50-49)64-45(56)66-47(4,5)6)20-68-42(34-33(29)40-39(61-21-62-40)23(2)38(34)63-24(3)53)36(52)35(51(28)10)32(26)41(37(22)59-12)65-46(57)67-48(7,8)9/h15,17-18,28-29,35-36,42-43,50,54H,13-14,16,19-21H2,1-12H3/t28-,29-,35+,36?,42+,43-,49+/m0/s1. The molecule has 3 aromatic carbocycles. The highest BCUT2D eigenvalue weighted by Gasteiger charge is 2.62. The molecule has 1 spiro atoms. The summed E-state index contributed by atoms with van der Waals surface area (Å²) in [6, 6.07) is 2.67. The molecule has 19 heteroatoms. The van der Waals surface area contributed by atoms with Crippen LogP contribution in [0.15, 0.2) is 18.2 Å². The number of aliphatic hydroxyl groups is 1. The monoisotopic (exact) mass is 961 g/mol. The molecule has 68 heavy (non-hydrogen) atoms. The van der Waals surface area contributed by atoms with Crippen LogP contribution in [-0.2, 0) is 42.2 Å². The number of aliphatic hydroxyl groups excluding tert-OH is 1. The van der Waals surface area contributed by atoms with Gasteiger partial charge in [0.15, 0.2) is 40.0 Å². The molecule has 7 aliphatic rings. The zero-order valence-corrected chi connectivity index (χ0v) is 41.2. The Morgan fingerprint density at radius 2 is 1.53 bits per heavy atom. The molecule has 7 atom stereocenters. The molecule has 2 N–H and O–H groups in total. The number of thioether (sulfide) groups is 1. The SMILES string of the molecule is COc1cc2c(cc1OC(=O)OC(C)(C)C)CCN[C@]21CS[C@@H]2c3c(OC(C)=O)c(C)c4c(c3[C@H](COC1=O)N1C2[C@H]2c3c(cc(C)c(OC)c3OC(=O)OC(C)(C)C)C[C@@H]([C@@H]1O)N2C)OCO4. The van der Waals surface area contributed by atoms with Crippen LogP contribution in [0.1, 0.15) is 110 Å². The first-order chi connectivity index (χ1) is 32.1. The predicted molar refractivity (Wildman–Crippen MR) is 245 cm³/mol. The summed E-state index contributed by atoms with van der Waals surface area (Å²) in [4.78, 5) is 59.0. The van der Waals surface area contributed by atoms with Gasteiger partial charge in [0.05, 0.1) is 37.6 Å². The van der Waals surface area contributed by atoms with E-state index < -0.39 is 76.6 Å². The molecule has 10 rings (SSSR count). The molecule has 2 saturated heterocycles. The third-order valence-corrected chi connectivity index (χ3v) is 14.9. The second-order valence-electron chi connectivity index (χ2n) is 20.0. The fraction of sp³-hybridized carbons (Fsp3) is 0.551. The number of hydrogen-bond acceptors (Lipinski definition) is 19. The van der Waals surface area contributed by atoms with Gasteiger partial charge in [0.1, 0.15) is 29.8 Å². The van der Waals surface area contributed by atoms with Crippen molar-refractivity contribution in [1.29, 1.82) is 0 Å². The third kappa shape index (κ3) is 7.92. The summed E-state index contributed by atoms with van der Waals surface area (Å²) < 4.78 is 60.0. The molecule has 0 aliphatic carbocycles. The molecular weight excluding hydrogens is 903 g/mol. The zero-order valence-electron chi connectivity index (χ0n) is 40.4. The van der Waals surface area contributed by atoms with Gasteiger partial charge in [-0.2, -0.15) is 0 Å². The molecule has 7 aliphatic heterocycles. The molecule has 0 saturated carbocycles. The first kappa shape index (κ1) is 47.6. The van der Waals surface area contributed by atoms with Gasteiger partial charge in [0.25, 0.3) is 0 Å². The Morgan fingerprint density at radius 3 is 2.19 bits per heavy atom. The molecule has 18 nitrogen and oxygen atoms in total. The van der Waals surface area contributed by atoms with Gasteiger partial charge in [-0.15, -0.1) is 11.8 Å². The van der Waals surface area contributed by atoms with E-state index in [0.717, 1.165) is 11.1 Å². The molecule has 0 radical (unpaired) electrons. The van der Waals surface area contributed by atoms with Crippen LogP contribution in [-0.4, -0.2) is 116 Å². The maximum absolute atomic E-state index is 15.1. The van der Waals surface area contributed by atoms with Crippen LogP contribution in [0.3, 0.4) is 0 Å². The lowest BCUT2D eigenvalue weighted by atomic mass is 9.73. The molecule has 4 bridgehead atoms. The largest absolute Gasteiger partial charge is 0.514 e. The van der Waals surface area contributed by atoms with Crippen LogP contribution in [0.25, 0.3) is 0 Å². The summed E-state index contributed by atoms with van der Waals surface area (Å²) in [5.41, 5.74) is 2.02. The van der Waals surface area contributed by atoms with E-state index in [1.54, 1.807) is 60.6 Å². The number of esters is 2. The average Bonchev–Trinajstić information content (AvgIpc) is 3.74. The lowest BCUT2D eigenvalue weighted by molar-refractivity contribution is -0.186. The van der Waals surface area contributed by atoms with E-state index >= 15 is 4.79 Å². The minimum absolute atomic E-state index is 0.0433. The maximum Gasteiger partial charge on any atom is 0.514 e. The minimum atomic E-state index is -1.50. The number of hydrogen-bond donors (Lipinski definition) is 2. The summed E-state index contributed by atoms with van der Waals surface area (Å²) in [6.07, 6.45) is -2.15. The van der Waals surface area contributed by atoms with Crippen molar-refractivity contribution in [3.8, 4) is 40.2 Å². The van der Waals surface area contributed by atoms with E-state index in [0.29, 0.717) is 70.0 Å². The number of nitrogens with one attached hydrogen (secondary N) is 1. The maximum atomic E-state index is 15.1. The van der Waals surface area contributed by atoms with Gasteiger partial charge >= 0.3 is 24.2 Å². The Labute approximate surface area is 399 Å². The number of benzene rings is 3. The van der Waals surface area contributed by atoms with Crippen molar-refractivity contribution in [1.82, 2.24) is 15.1 Å². The molecule has 7 heterocycles. The van der Waals surface area contributed by atoms with Crippen molar-refractivity contribution in [3.63, 3.8) is 0 Å². The van der Waals surface area contributed by atoms with Crippen molar-refractivity contribution < 1.29 is 71.7 Å². The Hall–Kier alpha value is -5.47. The van der Waals surface area contributed by atoms with E-state index in [1.807, 2.05) is 24.9 Å². The number of ether oxygens (including phenoxy) is 10. The van der Waals surface area contributed by atoms with Crippen molar-refractivity contribution >= 4 is 36.0 Å². The molecule has 2 fully saturated rings. The number of carbonyl (C=O) groups excluding carboxylic acids is 4. The number of fused-ring (bicyclic) bond motifs is 9. The number of aryl methyl sites for hydroxylation is 1. The smallest absolute Gasteiger partial charge is 0.493 e. The first-order valence-corrected chi connectivity index (χ1v) is 23.7. The van der Waals surface area contributed by atoms with Crippen LogP contribution in [0, 0.1) is 13.8 Å². The van der Waals surface area contributed by atoms with Crippen LogP contribution < -0.4 is 38.5 Å². The van der Waals surface area contributed by atoms with Crippen molar-refractivity contribution in [2.45, 2.75) is 128 Å². The molecule has 3 aromatic rings. The summed E-state index contributed by atoms with van der Waals surface area (Å²) in [5, 5.41) is 15.7. The normalized spacial score (nSPS) is 26.0. The molecule has 366 valence electrons. The van der Waals surface area contributed by atoms with Crippen LogP contribution in [0.2, 0.25) is 0 Å². The topological polar surface area (TPSA) is 199 Å². The number of nitrogens with zero attached hydrogens (tertiary/aromatic N) is 2. The number of rotatable bonds is 5. The minimum Gasteiger partial charge on any atom is -0.493 e. The summed E-state index contributed by atoms with van der Waals surface area (Å²) >= 11 is 1.41. The van der Waals surface area contributed by atoms with E-state index in [1.165, 1.54) is 32.9 Å². The highest BCUT2D eigenvalue weighted by molar-refractivity contribution is 7.99. The summed E-state index contributed by atoms with van der Waals surface area (Å²) in [7, 11) is 4.89. The van der Waals surface area contributed by atoms with Gasteiger partial charge in [-0.1, -0.05) is 6.07 Å². The van der Waals surface area contributed by atoms with Crippen molar-refractivity contribution in [2.75, 3.05) is 47.0 Å². The lowest BCUT2D eigenvalue weighted by Gasteiger charge is -2.62.